The van der Waals surface area contributed by atoms with Crippen LogP contribution < -0.4 is 4.74 Å². The van der Waals surface area contributed by atoms with Gasteiger partial charge in [-0.05, 0) is 19.1 Å². The van der Waals surface area contributed by atoms with Gasteiger partial charge < -0.3 is 9.84 Å². The van der Waals surface area contributed by atoms with Gasteiger partial charge in [-0.3, -0.25) is 0 Å². The number of aromatic nitrogens is 2. The molecule has 0 aliphatic heterocycles. The zero-order valence-electron chi connectivity index (χ0n) is 9.45. The van der Waals surface area contributed by atoms with Crippen molar-refractivity contribution in [2.45, 2.75) is 22.3 Å². The molecule has 0 spiro atoms. The van der Waals surface area contributed by atoms with E-state index in [4.69, 9.17) is 4.74 Å². The largest absolute Gasteiger partial charge is 0.496 e. The zero-order chi connectivity index (χ0) is 12.3. The summed E-state index contributed by atoms with van der Waals surface area (Å²) in [4.78, 5) is 0.941. The van der Waals surface area contributed by atoms with Crippen molar-refractivity contribution in [3.8, 4) is 5.75 Å². The maximum Gasteiger partial charge on any atom is 0.178 e. The van der Waals surface area contributed by atoms with Crippen molar-refractivity contribution >= 4 is 23.1 Å². The second kappa shape index (κ2) is 5.48. The van der Waals surface area contributed by atoms with E-state index in [1.165, 1.54) is 23.1 Å². The van der Waals surface area contributed by atoms with Gasteiger partial charge in [0.15, 0.2) is 4.34 Å². The fourth-order valence-corrected chi connectivity index (χ4v) is 3.18. The molecule has 4 nitrogen and oxygen atoms in total. The third-order valence-corrected chi connectivity index (χ3v) is 4.05. The number of aliphatic hydroxyl groups is 1. The van der Waals surface area contributed by atoms with Crippen molar-refractivity contribution in [2.24, 2.45) is 0 Å². The molecule has 1 aromatic carbocycles. The highest BCUT2D eigenvalue weighted by molar-refractivity contribution is 8.01. The molecule has 0 saturated heterocycles. The smallest absolute Gasteiger partial charge is 0.178 e. The molecule has 2 aromatic rings. The van der Waals surface area contributed by atoms with Gasteiger partial charge in [0, 0.05) is 10.5 Å². The first-order valence-electron chi connectivity index (χ1n) is 5.01. The molecule has 1 heterocycles. The lowest BCUT2D eigenvalue weighted by Gasteiger charge is -2.14. The van der Waals surface area contributed by atoms with Crippen LogP contribution in [0.4, 0.5) is 0 Å². The first-order valence-corrected chi connectivity index (χ1v) is 6.71. The van der Waals surface area contributed by atoms with Crippen LogP contribution in [0.15, 0.2) is 32.9 Å². The van der Waals surface area contributed by atoms with Crippen molar-refractivity contribution < 1.29 is 9.84 Å². The Morgan fingerprint density at radius 1 is 1.47 bits per heavy atom. The van der Waals surface area contributed by atoms with Crippen LogP contribution >= 0.6 is 23.1 Å². The predicted octanol–water partition coefficient (Wildman–Crippen LogP) is 2.75. The summed E-state index contributed by atoms with van der Waals surface area (Å²) in [6, 6.07) is 5.68. The minimum Gasteiger partial charge on any atom is -0.496 e. The number of nitrogens with zero attached hydrogens (tertiary/aromatic N) is 2. The molecule has 1 N–H and O–H groups in total. The van der Waals surface area contributed by atoms with Crippen LogP contribution in [0.2, 0.25) is 0 Å². The topological polar surface area (TPSA) is 55.2 Å². The van der Waals surface area contributed by atoms with Crippen LogP contribution in [0.1, 0.15) is 18.6 Å². The van der Waals surface area contributed by atoms with E-state index in [0.717, 1.165) is 14.8 Å². The lowest BCUT2D eigenvalue weighted by molar-refractivity contribution is 0.191. The SMILES string of the molecule is COc1cccc(Sc2nncs2)c1C(C)O. The van der Waals surface area contributed by atoms with Gasteiger partial charge in [0.05, 0.1) is 13.2 Å². The van der Waals surface area contributed by atoms with E-state index >= 15 is 0 Å². The van der Waals surface area contributed by atoms with E-state index in [2.05, 4.69) is 10.2 Å². The molecule has 1 aromatic heterocycles. The summed E-state index contributed by atoms with van der Waals surface area (Å²) in [7, 11) is 1.60. The summed E-state index contributed by atoms with van der Waals surface area (Å²) in [6.07, 6.45) is -0.582. The predicted molar refractivity (Wildman–Crippen MR) is 67.7 cm³/mol. The number of hydrogen-bond donors (Lipinski definition) is 1. The van der Waals surface area contributed by atoms with E-state index in [1.807, 2.05) is 18.2 Å². The molecule has 90 valence electrons. The van der Waals surface area contributed by atoms with E-state index in [-0.39, 0.29) is 0 Å². The van der Waals surface area contributed by atoms with E-state index < -0.39 is 6.10 Å². The molecule has 0 bridgehead atoms. The van der Waals surface area contributed by atoms with Gasteiger partial charge in [-0.2, -0.15) is 0 Å². The van der Waals surface area contributed by atoms with Crippen molar-refractivity contribution in [3.63, 3.8) is 0 Å². The monoisotopic (exact) mass is 268 g/mol. The fourth-order valence-electron chi connectivity index (χ4n) is 1.50. The summed E-state index contributed by atoms with van der Waals surface area (Å²) in [5.74, 6) is 0.689. The Bertz CT molecular complexity index is 486. The van der Waals surface area contributed by atoms with Gasteiger partial charge >= 0.3 is 0 Å². The fraction of sp³-hybridized carbons (Fsp3) is 0.273. The first kappa shape index (κ1) is 12.3. The molecule has 0 fully saturated rings. The highest BCUT2D eigenvalue weighted by Crippen LogP contribution is 2.38. The lowest BCUT2D eigenvalue weighted by Crippen LogP contribution is -1.98. The Morgan fingerprint density at radius 2 is 2.29 bits per heavy atom. The number of ether oxygens (including phenoxy) is 1. The minimum absolute atomic E-state index is 0.582. The number of aliphatic hydroxyl groups excluding tert-OH is 1. The number of benzene rings is 1. The van der Waals surface area contributed by atoms with Crippen molar-refractivity contribution in [2.75, 3.05) is 7.11 Å². The molecule has 0 aliphatic rings. The van der Waals surface area contributed by atoms with Crippen LogP contribution in [-0.4, -0.2) is 22.4 Å². The number of methoxy groups -OCH3 is 1. The summed E-state index contributed by atoms with van der Waals surface area (Å²) < 4.78 is 6.11. The Labute approximate surface area is 108 Å². The average Bonchev–Trinajstić information content (AvgIpc) is 2.81. The molecular formula is C11H12N2O2S2. The van der Waals surface area contributed by atoms with Crippen molar-refractivity contribution in [1.82, 2.24) is 10.2 Å². The van der Waals surface area contributed by atoms with Crippen LogP contribution in [0.3, 0.4) is 0 Å². The van der Waals surface area contributed by atoms with Gasteiger partial charge in [-0.15, -0.1) is 10.2 Å². The molecule has 2 rings (SSSR count). The summed E-state index contributed by atoms with van der Waals surface area (Å²) in [6.45, 7) is 1.72. The summed E-state index contributed by atoms with van der Waals surface area (Å²) in [5, 5.41) is 17.6. The normalized spacial score (nSPS) is 12.4. The standard InChI is InChI=1S/C11H12N2O2S2/c1-7(14)10-8(15-2)4-3-5-9(10)17-11-13-12-6-16-11/h3-7,14H,1-2H3. The number of hydrogen-bond acceptors (Lipinski definition) is 6. The molecule has 0 radical (unpaired) electrons. The average molecular weight is 268 g/mol. The Morgan fingerprint density at radius 3 is 2.88 bits per heavy atom. The Kier molecular flexibility index (Phi) is 3.98. The van der Waals surface area contributed by atoms with Crippen LogP contribution in [0.5, 0.6) is 5.75 Å². The molecule has 1 unspecified atom stereocenters. The molecule has 0 saturated carbocycles. The van der Waals surface area contributed by atoms with Gasteiger partial charge in [-0.1, -0.05) is 29.2 Å². The highest BCUT2D eigenvalue weighted by atomic mass is 32.2. The molecule has 1 atom stereocenters. The van der Waals surface area contributed by atoms with E-state index in [1.54, 1.807) is 19.5 Å². The molecule has 6 heteroatoms. The molecule has 17 heavy (non-hydrogen) atoms. The summed E-state index contributed by atoms with van der Waals surface area (Å²) >= 11 is 2.95. The van der Waals surface area contributed by atoms with Crippen molar-refractivity contribution in [3.05, 3.63) is 29.3 Å². The summed E-state index contributed by atoms with van der Waals surface area (Å²) in [5.41, 5.74) is 2.47. The van der Waals surface area contributed by atoms with E-state index in [9.17, 15) is 5.11 Å². The van der Waals surface area contributed by atoms with Crippen LogP contribution in [0.25, 0.3) is 0 Å². The molecular weight excluding hydrogens is 256 g/mol. The van der Waals surface area contributed by atoms with Gasteiger partial charge in [0.1, 0.15) is 11.3 Å². The maximum atomic E-state index is 9.82. The zero-order valence-corrected chi connectivity index (χ0v) is 11.1. The second-order valence-electron chi connectivity index (χ2n) is 3.35. The van der Waals surface area contributed by atoms with Crippen LogP contribution in [0, 0.1) is 0 Å². The third kappa shape index (κ3) is 2.77. The Balaban J connectivity index is 2.39. The van der Waals surface area contributed by atoms with Crippen molar-refractivity contribution in [1.29, 1.82) is 0 Å². The first-order chi connectivity index (χ1) is 8.22. The second-order valence-corrected chi connectivity index (χ2v) is 5.48. The number of rotatable bonds is 4. The Hall–Kier alpha value is -1.11. The lowest BCUT2D eigenvalue weighted by atomic mass is 10.1. The van der Waals surface area contributed by atoms with Crippen LogP contribution in [-0.2, 0) is 0 Å². The highest BCUT2D eigenvalue weighted by Gasteiger charge is 2.15. The van der Waals surface area contributed by atoms with E-state index in [0.29, 0.717) is 5.75 Å². The quantitative estimate of drug-likeness (QED) is 0.924. The van der Waals surface area contributed by atoms with Gasteiger partial charge in [0.25, 0.3) is 0 Å². The maximum absolute atomic E-state index is 9.82. The van der Waals surface area contributed by atoms with Gasteiger partial charge in [-0.25, -0.2) is 0 Å². The van der Waals surface area contributed by atoms with Gasteiger partial charge in [0.2, 0.25) is 0 Å². The molecule has 0 aliphatic carbocycles. The minimum atomic E-state index is -0.582. The third-order valence-electron chi connectivity index (χ3n) is 2.20. The molecule has 0 amide bonds.